The van der Waals surface area contributed by atoms with Crippen molar-refractivity contribution in [2.75, 3.05) is 12.4 Å². The van der Waals surface area contributed by atoms with Crippen LogP contribution in [0.15, 0.2) is 60.7 Å². The molecule has 8 heteroatoms. The summed E-state index contributed by atoms with van der Waals surface area (Å²) >= 11 is 1.52. The number of ether oxygens (including phenoxy) is 1. The number of carbonyl (C=O) groups excluding carboxylic acids is 1. The molecule has 0 unspecified atom stereocenters. The molecule has 0 radical (unpaired) electrons. The fourth-order valence-corrected chi connectivity index (χ4v) is 4.69. The van der Waals surface area contributed by atoms with Crippen LogP contribution in [0.2, 0.25) is 0 Å². The van der Waals surface area contributed by atoms with Crippen LogP contribution in [0.4, 0.5) is 11.4 Å². The Balaban J connectivity index is 1.48. The van der Waals surface area contributed by atoms with Crippen molar-refractivity contribution in [2.24, 2.45) is 0 Å². The zero-order chi connectivity index (χ0) is 22.7. The van der Waals surface area contributed by atoms with Gasteiger partial charge in [0.2, 0.25) is 5.91 Å². The van der Waals surface area contributed by atoms with E-state index in [9.17, 15) is 14.9 Å². The zero-order valence-electron chi connectivity index (χ0n) is 17.6. The number of thiazole rings is 1. The number of methoxy groups -OCH3 is 1. The third-order valence-corrected chi connectivity index (χ3v) is 6.30. The Morgan fingerprint density at radius 3 is 2.72 bits per heavy atom. The van der Waals surface area contributed by atoms with Crippen molar-refractivity contribution < 1.29 is 14.5 Å². The summed E-state index contributed by atoms with van der Waals surface area (Å²) in [6.45, 7) is 1.89. The summed E-state index contributed by atoms with van der Waals surface area (Å²) in [6.07, 6.45) is 0.845. The van der Waals surface area contributed by atoms with Crippen LogP contribution in [0.1, 0.15) is 21.1 Å². The Morgan fingerprint density at radius 2 is 1.94 bits per heavy atom. The van der Waals surface area contributed by atoms with Crippen LogP contribution in [0.3, 0.4) is 0 Å². The molecule has 0 aliphatic carbocycles. The summed E-state index contributed by atoms with van der Waals surface area (Å²) in [5.74, 6) is -0.114. The van der Waals surface area contributed by atoms with E-state index in [4.69, 9.17) is 4.74 Å². The number of hydrogen-bond acceptors (Lipinski definition) is 6. The van der Waals surface area contributed by atoms with E-state index in [1.807, 2.05) is 25.1 Å². The number of nitrogens with one attached hydrogen (secondary N) is 1. The SMILES string of the molecule is COc1ccc(NC(=O)Cc2sc(Cc3cccc4ccccc34)nc2C)cc1[N+](=O)[O-]. The third kappa shape index (κ3) is 4.60. The van der Waals surface area contributed by atoms with Crippen molar-refractivity contribution in [2.45, 2.75) is 19.8 Å². The number of hydrogen-bond donors (Lipinski definition) is 1. The lowest BCUT2D eigenvalue weighted by molar-refractivity contribution is -0.385. The van der Waals surface area contributed by atoms with E-state index in [0.29, 0.717) is 12.1 Å². The summed E-state index contributed by atoms with van der Waals surface area (Å²) in [5.41, 5.74) is 2.16. The van der Waals surface area contributed by atoms with E-state index in [-0.39, 0.29) is 23.8 Å². The number of fused-ring (bicyclic) bond motifs is 1. The largest absolute Gasteiger partial charge is 0.490 e. The highest BCUT2D eigenvalue weighted by Gasteiger charge is 2.17. The fraction of sp³-hybridized carbons (Fsp3) is 0.167. The van der Waals surface area contributed by atoms with Crippen LogP contribution in [0, 0.1) is 17.0 Å². The van der Waals surface area contributed by atoms with Gasteiger partial charge in [0.05, 0.1) is 29.2 Å². The van der Waals surface area contributed by atoms with E-state index in [1.165, 1.54) is 46.9 Å². The number of amides is 1. The quantitative estimate of drug-likeness (QED) is 0.307. The molecule has 0 aliphatic rings. The number of benzene rings is 3. The van der Waals surface area contributed by atoms with Gasteiger partial charge in [-0.15, -0.1) is 11.3 Å². The third-order valence-electron chi connectivity index (χ3n) is 5.14. The first-order valence-corrected chi connectivity index (χ1v) is 10.8. The van der Waals surface area contributed by atoms with Crippen LogP contribution in [0.25, 0.3) is 10.8 Å². The van der Waals surface area contributed by atoms with Crippen molar-refractivity contribution in [1.29, 1.82) is 0 Å². The van der Waals surface area contributed by atoms with Gasteiger partial charge < -0.3 is 10.1 Å². The predicted octanol–water partition coefficient (Wildman–Crippen LogP) is 5.29. The average molecular weight is 448 g/mol. The van der Waals surface area contributed by atoms with E-state index in [1.54, 1.807) is 6.07 Å². The van der Waals surface area contributed by atoms with Gasteiger partial charge in [-0.2, -0.15) is 0 Å². The molecule has 1 N–H and O–H groups in total. The van der Waals surface area contributed by atoms with Gasteiger partial charge in [-0.3, -0.25) is 14.9 Å². The molecule has 0 aliphatic heterocycles. The van der Waals surface area contributed by atoms with Crippen LogP contribution < -0.4 is 10.1 Å². The van der Waals surface area contributed by atoms with E-state index in [0.717, 1.165) is 15.6 Å². The minimum Gasteiger partial charge on any atom is -0.490 e. The highest BCUT2D eigenvalue weighted by atomic mass is 32.1. The minimum absolute atomic E-state index is 0.143. The van der Waals surface area contributed by atoms with Crippen molar-refractivity contribution in [1.82, 2.24) is 4.98 Å². The van der Waals surface area contributed by atoms with Crippen LogP contribution in [-0.2, 0) is 17.6 Å². The number of anilines is 1. The maximum atomic E-state index is 12.6. The molecular weight excluding hydrogens is 426 g/mol. The maximum Gasteiger partial charge on any atom is 0.312 e. The van der Waals surface area contributed by atoms with Crippen LogP contribution in [-0.4, -0.2) is 22.9 Å². The maximum absolute atomic E-state index is 12.6. The van der Waals surface area contributed by atoms with Crippen LogP contribution in [0.5, 0.6) is 5.75 Å². The number of carbonyl (C=O) groups is 1. The minimum atomic E-state index is -0.540. The number of nitro benzene ring substituents is 1. The molecule has 32 heavy (non-hydrogen) atoms. The highest BCUT2D eigenvalue weighted by Crippen LogP contribution is 2.30. The highest BCUT2D eigenvalue weighted by molar-refractivity contribution is 7.11. The first kappa shape index (κ1) is 21.5. The van der Waals surface area contributed by atoms with Gasteiger partial charge in [0.25, 0.3) is 0 Å². The van der Waals surface area contributed by atoms with Crippen molar-refractivity contribution in [3.63, 3.8) is 0 Å². The number of aromatic nitrogens is 1. The summed E-state index contributed by atoms with van der Waals surface area (Å²) in [5, 5.41) is 17.3. The van der Waals surface area contributed by atoms with E-state index in [2.05, 4.69) is 34.6 Å². The molecule has 4 rings (SSSR count). The molecule has 1 aromatic heterocycles. The molecule has 3 aromatic carbocycles. The molecule has 0 saturated carbocycles. The predicted molar refractivity (Wildman–Crippen MR) is 126 cm³/mol. The van der Waals surface area contributed by atoms with Gasteiger partial charge in [0, 0.05) is 23.1 Å². The molecule has 1 amide bonds. The Morgan fingerprint density at radius 1 is 1.16 bits per heavy atom. The summed E-state index contributed by atoms with van der Waals surface area (Å²) in [4.78, 5) is 28.8. The zero-order valence-corrected chi connectivity index (χ0v) is 18.4. The number of rotatable bonds is 7. The lowest BCUT2D eigenvalue weighted by Crippen LogP contribution is -2.14. The monoisotopic (exact) mass is 447 g/mol. The Labute approximate surface area is 188 Å². The Hall–Kier alpha value is -3.78. The second-order valence-electron chi connectivity index (χ2n) is 7.30. The molecule has 7 nitrogen and oxygen atoms in total. The first-order chi connectivity index (χ1) is 15.4. The molecule has 4 aromatic rings. The molecular formula is C24H21N3O4S. The van der Waals surface area contributed by atoms with Gasteiger partial charge in [0.1, 0.15) is 0 Å². The fourth-order valence-electron chi connectivity index (χ4n) is 3.60. The van der Waals surface area contributed by atoms with Gasteiger partial charge in [0.15, 0.2) is 5.75 Å². The number of aryl methyl sites for hydroxylation is 1. The molecule has 0 fully saturated rings. The normalized spacial score (nSPS) is 10.8. The molecule has 0 bridgehead atoms. The average Bonchev–Trinajstić information content (AvgIpc) is 3.12. The molecule has 0 atom stereocenters. The summed E-state index contributed by atoms with van der Waals surface area (Å²) in [7, 11) is 1.36. The Bertz CT molecular complexity index is 1310. The van der Waals surface area contributed by atoms with Gasteiger partial charge in [-0.05, 0) is 35.4 Å². The molecule has 0 spiro atoms. The van der Waals surface area contributed by atoms with Crippen LogP contribution >= 0.6 is 11.3 Å². The Kier molecular flexibility index (Phi) is 6.13. The lowest BCUT2D eigenvalue weighted by Gasteiger charge is -2.07. The van der Waals surface area contributed by atoms with E-state index < -0.39 is 4.92 Å². The molecule has 1 heterocycles. The van der Waals surface area contributed by atoms with Gasteiger partial charge in [-0.1, -0.05) is 42.5 Å². The second kappa shape index (κ2) is 9.15. The standard InChI is InChI=1S/C24H21N3O4S/c1-15-22(14-23(28)26-18-10-11-21(31-2)20(13-18)27(29)30)32-24(25-15)12-17-8-5-7-16-6-3-4-9-19(16)17/h3-11,13H,12,14H2,1-2H3,(H,26,28). The van der Waals surface area contributed by atoms with E-state index >= 15 is 0 Å². The van der Waals surface area contributed by atoms with Crippen molar-refractivity contribution in [3.8, 4) is 5.75 Å². The number of nitro groups is 1. The lowest BCUT2D eigenvalue weighted by atomic mass is 10.0. The molecule has 0 saturated heterocycles. The van der Waals surface area contributed by atoms with Crippen molar-refractivity contribution >= 4 is 39.4 Å². The first-order valence-electron chi connectivity index (χ1n) is 9.98. The summed E-state index contributed by atoms with van der Waals surface area (Å²) in [6, 6.07) is 18.8. The number of nitrogens with zero attached hydrogens (tertiary/aromatic N) is 2. The molecule has 162 valence electrons. The smallest absolute Gasteiger partial charge is 0.312 e. The topological polar surface area (TPSA) is 94.4 Å². The second-order valence-corrected chi connectivity index (χ2v) is 8.47. The summed E-state index contributed by atoms with van der Waals surface area (Å²) < 4.78 is 5.00. The van der Waals surface area contributed by atoms with Crippen molar-refractivity contribution in [3.05, 3.63) is 91.9 Å². The van der Waals surface area contributed by atoms with Gasteiger partial charge >= 0.3 is 5.69 Å². The van der Waals surface area contributed by atoms with Gasteiger partial charge in [-0.25, -0.2) is 4.98 Å².